The zero-order valence-electron chi connectivity index (χ0n) is 9.08. The molecule has 2 aromatic rings. The van der Waals surface area contributed by atoms with Gasteiger partial charge >= 0.3 is 0 Å². The summed E-state index contributed by atoms with van der Waals surface area (Å²) >= 11 is 1.59. The standard InChI is InChI=1S/C10H14N4S/c1-7(2)8(3)14-6-12-13-9(14)10-11-4-5-15-10/h4-8H,1-3H3/t8-/m0/s1. The summed E-state index contributed by atoms with van der Waals surface area (Å²) in [5.74, 6) is 1.42. The van der Waals surface area contributed by atoms with Crippen molar-refractivity contribution in [3.63, 3.8) is 0 Å². The van der Waals surface area contributed by atoms with Gasteiger partial charge in [-0.25, -0.2) is 4.98 Å². The first-order valence-corrected chi connectivity index (χ1v) is 5.87. The molecule has 0 amide bonds. The van der Waals surface area contributed by atoms with Gasteiger partial charge in [0.2, 0.25) is 0 Å². The zero-order chi connectivity index (χ0) is 10.8. The van der Waals surface area contributed by atoms with Gasteiger partial charge in [-0.15, -0.1) is 21.5 Å². The van der Waals surface area contributed by atoms with E-state index in [0.717, 1.165) is 10.8 Å². The first-order chi connectivity index (χ1) is 7.20. The van der Waals surface area contributed by atoms with Gasteiger partial charge in [0.05, 0.1) is 0 Å². The number of hydrogen-bond donors (Lipinski definition) is 0. The quantitative estimate of drug-likeness (QED) is 0.801. The van der Waals surface area contributed by atoms with Crippen molar-refractivity contribution in [2.45, 2.75) is 26.8 Å². The summed E-state index contributed by atoms with van der Waals surface area (Å²) in [6, 6.07) is 0.388. The van der Waals surface area contributed by atoms with Gasteiger partial charge in [0.1, 0.15) is 6.33 Å². The molecule has 0 unspecified atom stereocenters. The van der Waals surface area contributed by atoms with Crippen LogP contribution in [-0.2, 0) is 0 Å². The van der Waals surface area contributed by atoms with Crippen LogP contribution in [0, 0.1) is 5.92 Å². The Morgan fingerprint density at radius 3 is 2.73 bits per heavy atom. The summed E-state index contributed by atoms with van der Waals surface area (Å²) in [6.45, 7) is 6.55. The summed E-state index contributed by atoms with van der Waals surface area (Å²) in [5.41, 5.74) is 0. The Morgan fingerprint density at radius 1 is 1.33 bits per heavy atom. The van der Waals surface area contributed by atoms with Gasteiger partial charge in [0, 0.05) is 17.6 Å². The fraction of sp³-hybridized carbons (Fsp3) is 0.500. The molecule has 0 aromatic carbocycles. The minimum atomic E-state index is 0.388. The summed E-state index contributed by atoms with van der Waals surface area (Å²) < 4.78 is 2.09. The molecular formula is C10H14N4S. The third kappa shape index (κ3) is 1.92. The van der Waals surface area contributed by atoms with Crippen LogP contribution in [0.3, 0.4) is 0 Å². The number of rotatable bonds is 3. The fourth-order valence-corrected chi connectivity index (χ4v) is 1.97. The van der Waals surface area contributed by atoms with Gasteiger partial charge in [-0.2, -0.15) is 0 Å². The van der Waals surface area contributed by atoms with E-state index in [9.17, 15) is 0 Å². The predicted molar refractivity (Wildman–Crippen MR) is 60.7 cm³/mol. The molecule has 0 aliphatic rings. The van der Waals surface area contributed by atoms with Crippen molar-refractivity contribution < 1.29 is 0 Å². The van der Waals surface area contributed by atoms with Crippen LogP contribution in [-0.4, -0.2) is 19.7 Å². The van der Waals surface area contributed by atoms with Gasteiger partial charge < -0.3 is 4.57 Å². The molecule has 0 aliphatic carbocycles. The van der Waals surface area contributed by atoms with Crippen molar-refractivity contribution in [2.24, 2.45) is 5.92 Å². The lowest BCUT2D eigenvalue weighted by atomic mass is 10.1. The largest absolute Gasteiger partial charge is 0.308 e. The van der Waals surface area contributed by atoms with Gasteiger partial charge in [0.15, 0.2) is 10.8 Å². The Balaban J connectivity index is 2.38. The average molecular weight is 222 g/mol. The molecule has 5 heteroatoms. The Labute approximate surface area is 93.0 Å². The topological polar surface area (TPSA) is 43.6 Å². The molecule has 0 aliphatic heterocycles. The second-order valence-corrected chi connectivity index (χ2v) is 4.78. The fourth-order valence-electron chi connectivity index (χ4n) is 1.35. The summed E-state index contributed by atoms with van der Waals surface area (Å²) in [7, 11) is 0. The lowest BCUT2D eigenvalue weighted by Crippen LogP contribution is -2.11. The molecule has 0 N–H and O–H groups in total. The summed E-state index contributed by atoms with van der Waals surface area (Å²) in [5, 5.41) is 11.0. The first kappa shape index (κ1) is 10.3. The molecule has 2 aromatic heterocycles. The highest BCUT2D eigenvalue weighted by molar-refractivity contribution is 7.13. The van der Waals surface area contributed by atoms with Gasteiger partial charge in [-0.3, -0.25) is 0 Å². The molecule has 1 atom stereocenters. The normalized spacial score (nSPS) is 13.3. The van der Waals surface area contributed by atoms with E-state index in [-0.39, 0.29) is 0 Å². The molecule has 2 rings (SSSR count). The Kier molecular flexibility index (Phi) is 2.81. The number of thiazole rings is 1. The van der Waals surface area contributed by atoms with Crippen LogP contribution >= 0.6 is 11.3 Å². The van der Waals surface area contributed by atoms with Crippen molar-refractivity contribution >= 4 is 11.3 Å². The van der Waals surface area contributed by atoms with Gasteiger partial charge in [0.25, 0.3) is 0 Å². The molecular weight excluding hydrogens is 208 g/mol. The molecule has 4 nitrogen and oxygen atoms in total. The molecule has 80 valence electrons. The van der Waals surface area contributed by atoms with E-state index in [1.165, 1.54) is 0 Å². The molecule has 0 saturated carbocycles. The molecule has 0 saturated heterocycles. The van der Waals surface area contributed by atoms with Crippen LogP contribution in [0.4, 0.5) is 0 Å². The van der Waals surface area contributed by atoms with E-state index >= 15 is 0 Å². The molecule has 0 spiro atoms. The minimum absolute atomic E-state index is 0.388. The highest BCUT2D eigenvalue weighted by Gasteiger charge is 2.16. The summed E-state index contributed by atoms with van der Waals surface area (Å²) in [4.78, 5) is 4.26. The zero-order valence-corrected chi connectivity index (χ0v) is 9.90. The van der Waals surface area contributed by atoms with Crippen molar-refractivity contribution in [2.75, 3.05) is 0 Å². The van der Waals surface area contributed by atoms with E-state index < -0.39 is 0 Å². The third-order valence-corrected chi connectivity index (χ3v) is 3.37. The van der Waals surface area contributed by atoms with Gasteiger partial charge in [-0.1, -0.05) is 13.8 Å². The first-order valence-electron chi connectivity index (χ1n) is 4.99. The second kappa shape index (κ2) is 4.10. The Hall–Kier alpha value is -1.23. The van der Waals surface area contributed by atoms with Crippen LogP contribution in [0.15, 0.2) is 17.9 Å². The average Bonchev–Trinajstić information content (AvgIpc) is 2.86. The smallest absolute Gasteiger partial charge is 0.193 e. The Morgan fingerprint density at radius 2 is 2.13 bits per heavy atom. The van der Waals surface area contributed by atoms with E-state index in [1.54, 1.807) is 23.9 Å². The molecule has 15 heavy (non-hydrogen) atoms. The Bertz CT molecular complexity index is 418. The number of aromatic nitrogens is 4. The van der Waals surface area contributed by atoms with Gasteiger partial charge in [-0.05, 0) is 12.8 Å². The van der Waals surface area contributed by atoms with Crippen molar-refractivity contribution in [1.29, 1.82) is 0 Å². The van der Waals surface area contributed by atoms with Crippen LogP contribution in [0.5, 0.6) is 0 Å². The summed E-state index contributed by atoms with van der Waals surface area (Å²) in [6.07, 6.45) is 3.57. The third-order valence-electron chi connectivity index (χ3n) is 2.60. The van der Waals surface area contributed by atoms with Crippen LogP contribution in [0.1, 0.15) is 26.8 Å². The molecule has 0 radical (unpaired) electrons. The highest BCUT2D eigenvalue weighted by Crippen LogP contribution is 2.25. The maximum absolute atomic E-state index is 4.26. The van der Waals surface area contributed by atoms with E-state index in [1.807, 2.05) is 5.38 Å². The predicted octanol–water partition coefficient (Wildman–Crippen LogP) is 2.62. The highest BCUT2D eigenvalue weighted by atomic mass is 32.1. The van der Waals surface area contributed by atoms with E-state index in [0.29, 0.717) is 12.0 Å². The van der Waals surface area contributed by atoms with E-state index in [4.69, 9.17) is 0 Å². The van der Waals surface area contributed by atoms with E-state index in [2.05, 4.69) is 40.5 Å². The molecule has 2 heterocycles. The lowest BCUT2D eigenvalue weighted by molar-refractivity contribution is 0.410. The molecule has 0 bridgehead atoms. The minimum Gasteiger partial charge on any atom is -0.308 e. The van der Waals surface area contributed by atoms with Crippen molar-refractivity contribution in [3.8, 4) is 10.8 Å². The van der Waals surface area contributed by atoms with Crippen LogP contribution in [0.2, 0.25) is 0 Å². The maximum atomic E-state index is 4.26. The van der Waals surface area contributed by atoms with Crippen molar-refractivity contribution in [1.82, 2.24) is 19.7 Å². The maximum Gasteiger partial charge on any atom is 0.193 e. The second-order valence-electron chi connectivity index (χ2n) is 3.88. The number of hydrogen-bond acceptors (Lipinski definition) is 4. The SMILES string of the molecule is CC(C)[C@H](C)n1cnnc1-c1nccs1. The lowest BCUT2D eigenvalue weighted by Gasteiger charge is -2.17. The monoisotopic (exact) mass is 222 g/mol. The van der Waals surface area contributed by atoms with Crippen LogP contribution in [0.25, 0.3) is 10.8 Å². The van der Waals surface area contributed by atoms with Crippen LogP contribution < -0.4 is 0 Å². The van der Waals surface area contributed by atoms with Crippen molar-refractivity contribution in [3.05, 3.63) is 17.9 Å². The molecule has 0 fully saturated rings. The number of nitrogens with zero attached hydrogens (tertiary/aromatic N) is 4.